The van der Waals surface area contributed by atoms with Crippen LogP contribution in [0.15, 0.2) is 30.5 Å². The number of carboxylic acids is 1. The maximum atomic E-state index is 11.6. The largest absolute Gasteiger partial charge is 0.497 e. The first-order chi connectivity index (χ1) is 15.6. The number of pyridine rings is 1. The van der Waals surface area contributed by atoms with Gasteiger partial charge in [-0.2, -0.15) is 0 Å². The van der Waals surface area contributed by atoms with Crippen LogP contribution in [0.4, 0.5) is 0 Å². The molecule has 5 nitrogen and oxygen atoms in total. The molecule has 2 fully saturated rings. The number of piperidine rings is 1. The van der Waals surface area contributed by atoms with Gasteiger partial charge in [0.15, 0.2) is 0 Å². The number of ether oxygens (including phenoxy) is 1. The third-order valence-electron chi connectivity index (χ3n) is 7.80. The van der Waals surface area contributed by atoms with E-state index in [1.807, 2.05) is 18.3 Å². The van der Waals surface area contributed by atoms with Crippen molar-refractivity contribution in [2.24, 2.45) is 17.8 Å². The van der Waals surface area contributed by atoms with E-state index in [-0.39, 0.29) is 5.92 Å². The SMILES string of the molecule is COc1ccc2nccc(CCC[C@@H]3CCN(CCC4CCCC4)C[C@@H]3CC(=O)O)c2c1. The van der Waals surface area contributed by atoms with Gasteiger partial charge in [0.2, 0.25) is 0 Å². The molecule has 32 heavy (non-hydrogen) atoms. The number of methoxy groups -OCH3 is 1. The minimum Gasteiger partial charge on any atom is -0.497 e. The van der Waals surface area contributed by atoms with Crippen LogP contribution in [0.25, 0.3) is 10.9 Å². The van der Waals surface area contributed by atoms with E-state index >= 15 is 0 Å². The molecule has 1 aromatic carbocycles. The minimum absolute atomic E-state index is 0.277. The monoisotopic (exact) mass is 438 g/mol. The number of hydrogen-bond acceptors (Lipinski definition) is 4. The number of carboxylic acid groups (broad SMARTS) is 1. The Labute approximate surface area is 192 Å². The molecule has 0 radical (unpaired) electrons. The van der Waals surface area contributed by atoms with Crippen LogP contribution in [0.5, 0.6) is 5.75 Å². The van der Waals surface area contributed by atoms with Gasteiger partial charge in [0.25, 0.3) is 0 Å². The first kappa shape index (κ1) is 23.0. The third-order valence-corrected chi connectivity index (χ3v) is 7.80. The Bertz CT molecular complexity index is 894. The van der Waals surface area contributed by atoms with Crippen molar-refractivity contribution in [3.63, 3.8) is 0 Å². The number of fused-ring (bicyclic) bond motifs is 1. The number of benzene rings is 1. The van der Waals surface area contributed by atoms with Crippen molar-refractivity contribution in [3.8, 4) is 5.75 Å². The second-order valence-corrected chi connectivity index (χ2v) is 9.89. The van der Waals surface area contributed by atoms with Gasteiger partial charge in [-0.25, -0.2) is 0 Å². The molecule has 5 heteroatoms. The molecule has 0 unspecified atom stereocenters. The van der Waals surface area contributed by atoms with E-state index < -0.39 is 5.97 Å². The molecule has 174 valence electrons. The molecule has 4 rings (SSSR count). The second-order valence-electron chi connectivity index (χ2n) is 9.89. The molecule has 1 aliphatic heterocycles. The van der Waals surface area contributed by atoms with Crippen molar-refractivity contribution in [2.45, 2.75) is 64.2 Å². The van der Waals surface area contributed by atoms with E-state index in [1.165, 1.54) is 37.7 Å². The number of hydrogen-bond donors (Lipinski definition) is 1. The first-order valence-corrected chi connectivity index (χ1v) is 12.5. The predicted molar refractivity (Wildman–Crippen MR) is 128 cm³/mol. The molecule has 1 saturated heterocycles. The van der Waals surface area contributed by atoms with E-state index in [9.17, 15) is 9.90 Å². The molecule has 0 amide bonds. The number of aliphatic carboxylic acids is 1. The highest BCUT2D eigenvalue weighted by Crippen LogP contribution is 2.33. The van der Waals surface area contributed by atoms with Crippen LogP contribution in [-0.2, 0) is 11.2 Å². The summed E-state index contributed by atoms with van der Waals surface area (Å²) in [6, 6.07) is 8.16. The van der Waals surface area contributed by atoms with Crippen molar-refractivity contribution in [2.75, 3.05) is 26.7 Å². The van der Waals surface area contributed by atoms with Crippen molar-refractivity contribution < 1.29 is 14.6 Å². The lowest BCUT2D eigenvalue weighted by atomic mass is 9.79. The Balaban J connectivity index is 1.32. The summed E-state index contributed by atoms with van der Waals surface area (Å²) >= 11 is 0. The smallest absolute Gasteiger partial charge is 0.303 e. The van der Waals surface area contributed by atoms with E-state index in [0.717, 1.165) is 67.9 Å². The standard InChI is InChI=1S/C27H38N2O3/c1-32-24-9-10-26-25(18-24)22(11-14-28-26)8-4-7-21-13-16-29(19-23(21)17-27(30)31)15-12-20-5-2-3-6-20/h9-11,14,18,20-21,23H,2-8,12-13,15-17,19H2,1H3,(H,30,31)/t21-,23+/m1/s1. The van der Waals surface area contributed by atoms with E-state index in [0.29, 0.717) is 12.3 Å². The molecular weight excluding hydrogens is 400 g/mol. The average Bonchev–Trinajstić information content (AvgIpc) is 3.32. The summed E-state index contributed by atoms with van der Waals surface area (Å²) in [4.78, 5) is 18.6. The fourth-order valence-corrected chi connectivity index (χ4v) is 5.94. The second kappa shape index (κ2) is 11.1. The van der Waals surface area contributed by atoms with Crippen LogP contribution < -0.4 is 4.74 Å². The zero-order valence-corrected chi connectivity index (χ0v) is 19.5. The lowest BCUT2D eigenvalue weighted by Crippen LogP contribution is -2.42. The van der Waals surface area contributed by atoms with Gasteiger partial charge in [0.05, 0.1) is 12.6 Å². The average molecular weight is 439 g/mol. The molecule has 0 spiro atoms. The van der Waals surface area contributed by atoms with Gasteiger partial charge < -0.3 is 14.7 Å². The summed E-state index contributed by atoms with van der Waals surface area (Å²) in [5.74, 6) is 1.90. The number of carbonyl (C=O) groups is 1. The summed E-state index contributed by atoms with van der Waals surface area (Å²) < 4.78 is 5.40. The van der Waals surface area contributed by atoms with Gasteiger partial charge in [0.1, 0.15) is 5.75 Å². The Morgan fingerprint density at radius 2 is 2.00 bits per heavy atom. The van der Waals surface area contributed by atoms with Gasteiger partial charge in [-0.3, -0.25) is 9.78 Å². The van der Waals surface area contributed by atoms with Crippen LogP contribution in [0.3, 0.4) is 0 Å². The van der Waals surface area contributed by atoms with E-state index in [1.54, 1.807) is 7.11 Å². The molecule has 2 atom stereocenters. The quantitative estimate of drug-likeness (QED) is 0.526. The summed E-state index contributed by atoms with van der Waals surface area (Å²) in [5, 5.41) is 10.7. The van der Waals surface area contributed by atoms with Gasteiger partial charge in [-0.1, -0.05) is 25.7 Å². The van der Waals surface area contributed by atoms with Crippen LogP contribution in [-0.4, -0.2) is 47.7 Å². The van der Waals surface area contributed by atoms with Crippen LogP contribution in [0, 0.1) is 17.8 Å². The highest BCUT2D eigenvalue weighted by molar-refractivity contribution is 5.83. The third kappa shape index (κ3) is 6.00. The number of likely N-dealkylation sites (tertiary alicyclic amines) is 1. The molecule has 2 aliphatic rings. The van der Waals surface area contributed by atoms with Crippen LogP contribution >= 0.6 is 0 Å². The molecule has 2 aromatic rings. The van der Waals surface area contributed by atoms with Crippen LogP contribution in [0.1, 0.15) is 63.4 Å². The Kier molecular flexibility index (Phi) is 8.01. The molecule has 1 aliphatic carbocycles. The minimum atomic E-state index is -0.648. The Morgan fingerprint density at radius 3 is 2.78 bits per heavy atom. The Hall–Kier alpha value is -2.14. The number of nitrogens with zero attached hydrogens (tertiary/aromatic N) is 2. The maximum Gasteiger partial charge on any atom is 0.303 e. The lowest BCUT2D eigenvalue weighted by molar-refractivity contribution is -0.139. The predicted octanol–water partition coefficient (Wildman–Crippen LogP) is 5.56. The van der Waals surface area contributed by atoms with Crippen molar-refractivity contribution in [1.29, 1.82) is 0 Å². The number of rotatable bonds is 10. The zero-order chi connectivity index (χ0) is 22.3. The Morgan fingerprint density at radius 1 is 1.16 bits per heavy atom. The van der Waals surface area contributed by atoms with Crippen molar-refractivity contribution in [3.05, 3.63) is 36.0 Å². The molecule has 2 heterocycles. The van der Waals surface area contributed by atoms with E-state index in [4.69, 9.17) is 4.74 Å². The van der Waals surface area contributed by atoms with Crippen molar-refractivity contribution in [1.82, 2.24) is 9.88 Å². The fourth-order valence-electron chi connectivity index (χ4n) is 5.94. The normalized spacial score (nSPS) is 22.4. The summed E-state index contributed by atoms with van der Waals surface area (Å²) in [6.45, 7) is 3.24. The summed E-state index contributed by atoms with van der Waals surface area (Å²) in [6.07, 6.45) is 13.4. The number of aryl methyl sites for hydroxylation is 1. The highest BCUT2D eigenvalue weighted by Gasteiger charge is 2.30. The molecular formula is C27H38N2O3. The topological polar surface area (TPSA) is 62.7 Å². The van der Waals surface area contributed by atoms with Gasteiger partial charge >= 0.3 is 5.97 Å². The summed E-state index contributed by atoms with van der Waals surface area (Å²) in [5.41, 5.74) is 2.31. The molecule has 0 bridgehead atoms. The number of aromatic nitrogens is 1. The molecule has 1 N–H and O–H groups in total. The zero-order valence-electron chi connectivity index (χ0n) is 19.5. The maximum absolute atomic E-state index is 11.6. The van der Waals surface area contributed by atoms with Gasteiger partial charge in [-0.15, -0.1) is 0 Å². The molecule has 1 saturated carbocycles. The summed E-state index contributed by atoms with van der Waals surface area (Å²) in [7, 11) is 1.69. The van der Waals surface area contributed by atoms with Crippen LogP contribution in [0.2, 0.25) is 0 Å². The lowest BCUT2D eigenvalue weighted by Gasteiger charge is -2.38. The van der Waals surface area contributed by atoms with Gasteiger partial charge in [0, 0.05) is 24.5 Å². The van der Waals surface area contributed by atoms with E-state index in [2.05, 4.69) is 22.0 Å². The molecule has 1 aromatic heterocycles. The first-order valence-electron chi connectivity index (χ1n) is 12.5. The fraction of sp³-hybridized carbons (Fsp3) is 0.630. The van der Waals surface area contributed by atoms with Crippen molar-refractivity contribution >= 4 is 16.9 Å². The van der Waals surface area contributed by atoms with Gasteiger partial charge in [-0.05, 0) is 92.8 Å². The highest BCUT2D eigenvalue weighted by atomic mass is 16.5.